The van der Waals surface area contributed by atoms with E-state index < -0.39 is 54.7 Å². The smallest absolute Gasteiger partial charge is 0.303 e. The summed E-state index contributed by atoms with van der Waals surface area (Å²) >= 11 is 3.27. The van der Waals surface area contributed by atoms with Crippen LogP contribution in [0.4, 0.5) is 5.69 Å². The van der Waals surface area contributed by atoms with Gasteiger partial charge in [0.05, 0.1) is 0 Å². The molecule has 1 N–H and O–H groups in total. The minimum Gasteiger partial charge on any atom is -0.462 e. The molecule has 10 nitrogen and oxygen atoms in total. The Balaban J connectivity index is 3.25. The molecular formula is C19H22BrNO9. The summed E-state index contributed by atoms with van der Waals surface area (Å²) in [7, 11) is 0. The molecule has 0 saturated carbocycles. The Morgan fingerprint density at radius 1 is 0.833 bits per heavy atom. The van der Waals surface area contributed by atoms with Crippen molar-refractivity contribution in [3.63, 3.8) is 0 Å². The molecule has 11 heteroatoms. The van der Waals surface area contributed by atoms with Crippen molar-refractivity contribution in [1.29, 1.82) is 0 Å². The van der Waals surface area contributed by atoms with E-state index in [1.807, 2.05) is 0 Å². The third-order valence-electron chi connectivity index (χ3n) is 3.40. The van der Waals surface area contributed by atoms with Gasteiger partial charge in [-0.3, -0.25) is 24.0 Å². The molecule has 0 saturated heterocycles. The van der Waals surface area contributed by atoms with Crippen LogP contribution in [0.2, 0.25) is 0 Å². The van der Waals surface area contributed by atoms with Gasteiger partial charge in [0, 0.05) is 37.9 Å². The zero-order valence-corrected chi connectivity index (χ0v) is 18.4. The molecule has 0 fully saturated rings. The molecule has 3 atom stereocenters. The first-order chi connectivity index (χ1) is 14.0. The Morgan fingerprint density at radius 3 is 1.83 bits per heavy atom. The second kappa shape index (κ2) is 11.9. The van der Waals surface area contributed by atoms with Crippen molar-refractivity contribution < 1.29 is 42.9 Å². The zero-order valence-electron chi connectivity index (χ0n) is 16.8. The van der Waals surface area contributed by atoms with Crippen molar-refractivity contribution in [1.82, 2.24) is 0 Å². The Labute approximate surface area is 181 Å². The quantitative estimate of drug-likeness (QED) is 0.408. The van der Waals surface area contributed by atoms with Gasteiger partial charge < -0.3 is 24.3 Å². The van der Waals surface area contributed by atoms with Gasteiger partial charge in [-0.2, -0.15) is 0 Å². The molecule has 0 aromatic heterocycles. The highest BCUT2D eigenvalue weighted by Gasteiger charge is 2.42. The lowest BCUT2D eigenvalue weighted by Gasteiger charge is -2.30. The zero-order chi connectivity index (χ0) is 22.8. The number of anilines is 1. The second-order valence-electron chi connectivity index (χ2n) is 6.05. The molecule has 0 heterocycles. The number of nitrogens with one attached hydrogen (secondary N) is 1. The average molecular weight is 488 g/mol. The van der Waals surface area contributed by atoms with Crippen molar-refractivity contribution in [3.05, 3.63) is 28.7 Å². The van der Waals surface area contributed by atoms with Crippen LogP contribution in [-0.4, -0.2) is 54.7 Å². The molecule has 0 unspecified atom stereocenters. The van der Waals surface area contributed by atoms with Crippen LogP contribution >= 0.6 is 15.9 Å². The van der Waals surface area contributed by atoms with E-state index in [0.717, 1.165) is 32.2 Å². The summed E-state index contributed by atoms with van der Waals surface area (Å²) in [6.45, 7) is 3.78. The number of carbonyl (C=O) groups is 5. The average Bonchev–Trinajstić information content (AvgIpc) is 2.62. The summed E-state index contributed by atoms with van der Waals surface area (Å²) in [6.07, 6.45) is -4.68. The van der Waals surface area contributed by atoms with E-state index >= 15 is 0 Å². The number of halogens is 1. The van der Waals surface area contributed by atoms with Crippen LogP contribution in [0.25, 0.3) is 0 Å². The third kappa shape index (κ3) is 9.03. The maximum absolute atomic E-state index is 12.8. The highest BCUT2D eigenvalue weighted by Crippen LogP contribution is 2.19. The molecule has 164 valence electrons. The molecule has 1 aromatic carbocycles. The number of esters is 4. The summed E-state index contributed by atoms with van der Waals surface area (Å²) < 4.78 is 20.9. The highest BCUT2D eigenvalue weighted by molar-refractivity contribution is 9.10. The number of ether oxygens (including phenoxy) is 4. The highest BCUT2D eigenvalue weighted by atomic mass is 79.9. The van der Waals surface area contributed by atoms with E-state index in [-0.39, 0.29) is 0 Å². The predicted molar refractivity (Wildman–Crippen MR) is 106 cm³/mol. The summed E-state index contributed by atoms with van der Waals surface area (Å²) in [5.41, 5.74) is 0.367. The molecule has 0 bridgehead atoms. The van der Waals surface area contributed by atoms with Crippen LogP contribution in [0.3, 0.4) is 0 Å². The molecule has 30 heavy (non-hydrogen) atoms. The Morgan fingerprint density at radius 2 is 1.37 bits per heavy atom. The van der Waals surface area contributed by atoms with Gasteiger partial charge >= 0.3 is 23.9 Å². The van der Waals surface area contributed by atoms with E-state index in [0.29, 0.717) is 5.69 Å². The van der Waals surface area contributed by atoms with Gasteiger partial charge in [0.15, 0.2) is 12.2 Å². The molecule has 0 aliphatic rings. The minimum atomic E-state index is -1.70. The topological polar surface area (TPSA) is 134 Å². The minimum absolute atomic E-state index is 0.367. The third-order valence-corrected chi connectivity index (χ3v) is 3.93. The molecule has 1 amide bonds. The van der Waals surface area contributed by atoms with Gasteiger partial charge in [-0.15, -0.1) is 0 Å². The molecule has 1 aromatic rings. The van der Waals surface area contributed by atoms with Crippen molar-refractivity contribution >= 4 is 51.4 Å². The maximum Gasteiger partial charge on any atom is 0.303 e. The lowest BCUT2D eigenvalue weighted by atomic mass is 10.1. The lowest BCUT2D eigenvalue weighted by Crippen LogP contribution is -2.52. The van der Waals surface area contributed by atoms with E-state index in [4.69, 9.17) is 18.9 Å². The van der Waals surface area contributed by atoms with Crippen LogP contribution in [-0.2, 0) is 42.9 Å². The van der Waals surface area contributed by atoms with Gasteiger partial charge in [0.2, 0.25) is 6.10 Å². The monoisotopic (exact) mass is 487 g/mol. The first kappa shape index (κ1) is 25.1. The fraction of sp³-hybridized carbons (Fsp3) is 0.421. The fourth-order valence-corrected chi connectivity index (χ4v) is 2.59. The summed E-state index contributed by atoms with van der Waals surface area (Å²) in [5.74, 6) is -4.03. The summed E-state index contributed by atoms with van der Waals surface area (Å²) in [4.78, 5) is 58.8. The number of carbonyl (C=O) groups excluding carboxylic acids is 5. The van der Waals surface area contributed by atoms with Crippen molar-refractivity contribution in [2.24, 2.45) is 0 Å². The predicted octanol–water partition coefficient (Wildman–Crippen LogP) is 1.75. The van der Waals surface area contributed by atoms with Gasteiger partial charge in [-0.05, 0) is 24.3 Å². The van der Waals surface area contributed by atoms with Gasteiger partial charge in [-0.25, -0.2) is 0 Å². The molecule has 1 rings (SSSR count). The van der Waals surface area contributed by atoms with E-state index in [2.05, 4.69) is 21.2 Å². The second-order valence-corrected chi connectivity index (χ2v) is 6.97. The van der Waals surface area contributed by atoms with Crippen molar-refractivity contribution in [3.8, 4) is 0 Å². The lowest BCUT2D eigenvalue weighted by molar-refractivity contribution is -0.190. The van der Waals surface area contributed by atoms with Crippen molar-refractivity contribution in [2.45, 2.75) is 46.0 Å². The van der Waals surface area contributed by atoms with Crippen LogP contribution in [0.1, 0.15) is 27.7 Å². The van der Waals surface area contributed by atoms with E-state index in [1.165, 1.54) is 0 Å². The Kier molecular flexibility index (Phi) is 9.96. The molecule has 0 aliphatic carbocycles. The van der Waals surface area contributed by atoms with E-state index in [9.17, 15) is 24.0 Å². The fourth-order valence-electron chi connectivity index (χ4n) is 2.33. The van der Waals surface area contributed by atoms with Crippen LogP contribution in [0, 0.1) is 0 Å². The van der Waals surface area contributed by atoms with Crippen LogP contribution < -0.4 is 5.32 Å². The number of benzene rings is 1. The van der Waals surface area contributed by atoms with Crippen LogP contribution in [0.5, 0.6) is 0 Å². The molecule has 0 radical (unpaired) electrons. The summed E-state index contributed by atoms with van der Waals surface area (Å²) in [5, 5.41) is 2.52. The SMILES string of the molecule is CC(=O)OC[C@H](OC(C)=O)[C@@H](OC(C)=O)[C@H](OC(C)=O)C(=O)Nc1ccc(Br)cc1. The van der Waals surface area contributed by atoms with Crippen molar-refractivity contribution in [2.75, 3.05) is 11.9 Å². The first-order valence-electron chi connectivity index (χ1n) is 8.71. The number of hydrogen-bond donors (Lipinski definition) is 1. The molecule has 0 aliphatic heterocycles. The number of amides is 1. The van der Waals surface area contributed by atoms with Gasteiger partial charge in [-0.1, -0.05) is 15.9 Å². The van der Waals surface area contributed by atoms with Crippen LogP contribution in [0.15, 0.2) is 28.7 Å². The standard InChI is InChI=1S/C19H22BrNO9/c1-10(22)27-9-16(28-11(2)23)17(29-12(3)24)18(30-13(4)25)19(26)21-15-7-5-14(20)6-8-15/h5-8,16-18H,9H2,1-4H3,(H,21,26)/t16-,17+,18-/m0/s1. The number of hydrogen-bond acceptors (Lipinski definition) is 9. The molecular weight excluding hydrogens is 466 g/mol. The first-order valence-corrected chi connectivity index (χ1v) is 9.50. The maximum atomic E-state index is 12.8. The molecule has 0 spiro atoms. The van der Waals surface area contributed by atoms with Gasteiger partial charge in [0.25, 0.3) is 5.91 Å². The summed E-state index contributed by atoms with van der Waals surface area (Å²) in [6, 6.07) is 6.50. The van der Waals surface area contributed by atoms with Gasteiger partial charge in [0.1, 0.15) is 6.61 Å². The number of rotatable bonds is 9. The Hall–Kier alpha value is -2.95. The van der Waals surface area contributed by atoms with E-state index in [1.54, 1.807) is 24.3 Å². The normalized spacial score (nSPS) is 13.2. The largest absolute Gasteiger partial charge is 0.462 e. The Bertz CT molecular complexity index is 794.